The van der Waals surface area contributed by atoms with E-state index in [1.165, 1.54) is 12.1 Å². The van der Waals surface area contributed by atoms with Crippen LogP contribution in [0.4, 0.5) is 15.8 Å². The predicted octanol–water partition coefficient (Wildman–Crippen LogP) is 2.36. The van der Waals surface area contributed by atoms with Crippen molar-refractivity contribution < 1.29 is 9.18 Å². The molecule has 0 saturated carbocycles. The van der Waals surface area contributed by atoms with Crippen LogP contribution in [0, 0.1) is 12.7 Å². The lowest BCUT2D eigenvalue weighted by Gasteiger charge is -2.06. The maximum absolute atomic E-state index is 13.2. The Hall–Kier alpha value is -2.43. The van der Waals surface area contributed by atoms with Crippen molar-refractivity contribution in [3.63, 3.8) is 0 Å². The third-order valence-corrected chi connectivity index (χ3v) is 2.42. The van der Waals surface area contributed by atoms with Crippen molar-refractivity contribution >= 4 is 17.3 Å². The Bertz CT molecular complexity index is 599. The lowest BCUT2D eigenvalue weighted by Crippen LogP contribution is -2.12. The third kappa shape index (κ3) is 2.63. The average molecular weight is 245 g/mol. The molecule has 0 radical (unpaired) electrons. The van der Waals surface area contributed by atoms with Gasteiger partial charge in [0, 0.05) is 23.1 Å². The lowest BCUT2D eigenvalue weighted by molar-refractivity contribution is 0.102. The number of pyridine rings is 1. The van der Waals surface area contributed by atoms with Crippen LogP contribution >= 0.6 is 0 Å². The van der Waals surface area contributed by atoms with E-state index in [1.807, 2.05) is 6.92 Å². The highest BCUT2D eigenvalue weighted by molar-refractivity contribution is 6.04. The molecule has 0 bridgehead atoms. The van der Waals surface area contributed by atoms with Crippen LogP contribution in [0.25, 0.3) is 0 Å². The third-order valence-electron chi connectivity index (χ3n) is 2.42. The first-order chi connectivity index (χ1) is 8.56. The first-order valence-corrected chi connectivity index (χ1v) is 5.35. The fourth-order valence-corrected chi connectivity index (χ4v) is 1.49. The molecule has 0 aliphatic carbocycles. The van der Waals surface area contributed by atoms with Crippen LogP contribution in [-0.4, -0.2) is 10.9 Å². The van der Waals surface area contributed by atoms with Crippen LogP contribution in [0.15, 0.2) is 36.5 Å². The number of carbonyl (C=O) groups excluding carboxylic acids is 1. The monoisotopic (exact) mass is 245 g/mol. The number of aromatic nitrogens is 1. The first kappa shape index (κ1) is 12.0. The number of anilines is 2. The molecule has 0 aliphatic heterocycles. The fraction of sp³-hybridized carbons (Fsp3) is 0.0769. The number of rotatable bonds is 2. The lowest BCUT2D eigenvalue weighted by atomic mass is 10.2. The maximum Gasteiger partial charge on any atom is 0.255 e. The van der Waals surface area contributed by atoms with Crippen LogP contribution in [0.1, 0.15) is 16.1 Å². The Morgan fingerprint density at radius 1 is 1.33 bits per heavy atom. The normalized spacial score (nSPS) is 10.1. The summed E-state index contributed by atoms with van der Waals surface area (Å²) < 4.78 is 13.2. The Balaban J connectivity index is 2.19. The summed E-state index contributed by atoms with van der Waals surface area (Å²) in [5.74, 6) is -0.993. The number of nitrogens with two attached hydrogens (primary N) is 1. The summed E-state index contributed by atoms with van der Waals surface area (Å²) in [6.45, 7) is 1.82. The van der Waals surface area contributed by atoms with Gasteiger partial charge in [0.1, 0.15) is 5.82 Å². The first-order valence-electron chi connectivity index (χ1n) is 5.35. The molecule has 1 aromatic carbocycles. The Morgan fingerprint density at radius 3 is 2.78 bits per heavy atom. The zero-order valence-electron chi connectivity index (χ0n) is 9.77. The molecule has 2 rings (SSSR count). The number of aryl methyl sites for hydroxylation is 1. The van der Waals surface area contributed by atoms with Crippen molar-refractivity contribution in [3.8, 4) is 0 Å². The highest BCUT2D eigenvalue weighted by Gasteiger charge is 2.08. The van der Waals surface area contributed by atoms with E-state index in [1.54, 1.807) is 18.3 Å². The molecule has 1 amide bonds. The summed E-state index contributed by atoms with van der Waals surface area (Å²) in [5, 5.41) is 2.66. The average Bonchev–Trinajstić information content (AvgIpc) is 2.32. The summed E-state index contributed by atoms with van der Waals surface area (Å²) in [7, 11) is 0. The molecule has 92 valence electrons. The van der Waals surface area contributed by atoms with Gasteiger partial charge in [0.25, 0.3) is 5.91 Å². The predicted molar refractivity (Wildman–Crippen MR) is 67.7 cm³/mol. The number of carbonyl (C=O) groups is 1. The Labute approximate surface area is 104 Å². The van der Waals surface area contributed by atoms with Gasteiger partial charge in [0.05, 0.1) is 5.69 Å². The molecule has 4 nitrogen and oxygen atoms in total. The van der Waals surface area contributed by atoms with Gasteiger partial charge in [-0.25, -0.2) is 4.39 Å². The van der Waals surface area contributed by atoms with E-state index >= 15 is 0 Å². The molecule has 2 aromatic rings. The molecule has 0 aliphatic rings. The topological polar surface area (TPSA) is 68.0 Å². The van der Waals surface area contributed by atoms with Crippen LogP contribution in [-0.2, 0) is 0 Å². The molecule has 0 spiro atoms. The van der Waals surface area contributed by atoms with Gasteiger partial charge in [-0.15, -0.1) is 0 Å². The van der Waals surface area contributed by atoms with Gasteiger partial charge in [0.15, 0.2) is 0 Å². The van der Waals surface area contributed by atoms with Gasteiger partial charge >= 0.3 is 0 Å². The molecular formula is C13H12FN3O. The van der Waals surface area contributed by atoms with Gasteiger partial charge in [-0.3, -0.25) is 9.78 Å². The maximum atomic E-state index is 13.2. The minimum absolute atomic E-state index is 0.0197. The van der Waals surface area contributed by atoms with E-state index in [0.717, 1.165) is 11.8 Å². The number of halogens is 1. The second-order valence-corrected chi connectivity index (χ2v) is 3.88. The van der Waals surface area contributed by atoms with Crippen LogP contribution in [0.3, 0.4) is 0 Å². The van der Waals surface area contributed by atoms with Crippen LogP contribution < -0.4 is 11.1 Å². The van der Waals surface area contributed by atoms with Crippen LogP contribution in [0.2, 0.25) is 0 Å². The van der Waals surface area contributed by atoms with E-state index in [4.69, 9.17) is 5.73 Å². The molecule has 0 fully saturated rings. The van der Waals surface area contributed by atoms with E-state index < -0.39 is 5.82 Å². The van der Waals surface area contributed by atoms with Crippen molar-refractivity contribution in [3.05, 3.63) is 53.6 Å². The molecule has 0 unspecified atom stereocenters. The number of hydrogen-bond donors (Lipinski definition) is 2. The molecular weight excluding hydrogens is 233 g/mol. The zero-order valence-corrected chi connectivity index (χ0v) is 9.77. The second-order valence-electron chi connectivity index (χ2n) is 3.88. The van der Waals surface area contributed by atoms with E-state index in [2.05, 4.69) is 10.3 Å². The van der Waals surface area contributed by atoms with E-state index in [9.17, 15) is 9.18 Å². The molecule has 5 heteroatoms. The van der Waals surface area contributed by atoms with Gasteiger partial charge in [-0.1, -0.05) is 0 Å². The summed E-state index contributed by atoms with van der Waals surface area (Å²) in [6.07, 6.45) is 1.59. The van der Waals surface area contributed by atoms with Crippen molar-refractivity contribution in [2.75, 3.05) is 11.1 Å². The number of nitrogens with zero attached hydrogens (tertiary/aromatic N) is 1. The Morgan fingerprint density at radius 2 is 2.11 bits per heavy atom. The summed E-state index contributed by atoms with van der Waals surface area (Å²) in [5.41, 5.74) is 6.99. The molecule has 18 heavy (non-hydrogen) atoms. The van der Waals surface area contributed by atoms with E-state index in [0.29, 0.717) is 5.69 Å². The minimum atomic E-state index is -0.603. The largest absolute Gasteiger partial charge is 0.396 e. The van der Waals surface area contributed by atoms with Gasteiger partial charge in [-0.2, -0.15) is 0 Å². The highest BCUT2D eigenvalue weighted by Crippen LogP contribution is 2.14. The van der Waals surface area contributed by atoms with Gasteiger partial charge in [-0.05, 0) is 37.3 Å². The number of hydrogen-bond acceptors (Lipinski definition) is 3. The van der Waals surface area contributed by atoms with Crippen molar-refractivity contribution in [2.24, 2.45) is 0 Å². The molecule has 3 N–H and O–H groups in total. The number of benzene rings is 1. The molecule has 1 heterocycles. The highest BCUT2D eigenvalue weighted by atomic mass is 19.1. The second kappa shape index (κ2) is 4.83. The quantitative estimate of drug-likeness (QED) is 0.798. The summed E-state index contributed by atoms with van der Waals surface area (Å²) >= 11 is 0. The molecule has 0 saturated heterocycles. The summed E-state index contributed by atoms with van der Waals surface area (Å²) in [4.78, 5) is 15.9. The number of nitrogens with one attached hydrogen (secondary N) is 1. The SMILES string of the molecule is Cc1cc(NC(=O)c2ccc(N)c(F)c2)ccn1. The van der Waals surface area contributed by atoms with Crippen LogP contribution in [0.5, 0.6) is 0 Å². The van der Waals surface area contributed by atoms with Crippen molar-refractivity contribution in [1.29, 1.82) is 0 Å². The summed E-state index contributed by atoms with van der Waals surface area (Å²) in [6, 6.07) is 7.34. The van der Waals surface area contributed by atoms with Crippen molar-refractivity contribution in [2.45, 2.75) is 6.92 Å². The van der Waals surface area contributed by atoms with Gasteiger partial charge < -0.3 is 11.1 Å². The number of amides is 1. The minimum Gasteiger partial charge on any atom is -0.396 e. The van der Waals surface area contributed by atoms with Gasteiger partial charge in [0.2, 0.25) is 0 Å². The standard InChI is InChI=1S/C13H12FN3O/c1-8-6-10(4-5-16-8)17-13(18)9-2-3-12(15)11(14)7-9/h2-7H,15H2,1H3,(H,16,17,18). The number of nitrogen functional groups attached to an aromatic ring is 1. The van der Waals surface area contributed by atoms with E-state index in [-0.39, 0.29) is 17.2 Å². The molecule has 0 atom stereocenters. The molecule has 1 aromatic heterocycles. The Kier molecular flexibility index (Phi) is 3.23. The zero-order chi connectivity index (χ0) is 13.1. The van der Waals surface area contributed by atoms with Crippen molar-refractivity contribution in [1.82, 2.24) is 4.98 Å². The smallest absolute Gasteiger partial charge is 0.255 e. The fourth-order valence-electron chi connectivity index (χ4n) is 1.49.